The Kier molecular flexibility index (Phi) is 6.99. The second-order valence-corrected chi connectivity index (χ2v) is 5.29. The molecule has 0 saturated carbocycles. The van der Waals surface area contributed by atoms with Gasteiger partial charge in [-0.1, -0.05) is 44.0 Å². The Balaban J connectivity index is 2.53. The lowest BCUT2D eigenvalue weighted by atomic mass is 10.1. The molecule has 0 fully saturated rings. The van der Waals surface area contributed by atoms with Gasteiger partial charge >= 0.3 is 0 Å². The molecule has 0 aliphatic rings. The van der Waals surface area contributed by atoms with Gasteiger partial charge in [0.1, 0.15) is 0 Å². The molecule has 0 spiro atoms. The number of nitrogens with two attached hydrogens (primary N) is 1. The molecule has 0 heterocycles. The minimum absolute atomic E-state index is 0.607. The number of rotatable bonds is 8. The van der Waals surface area contributed by atoms with Crippen LogP contribution in [-0.2, 0) is 13.1 Å². The zero-order valence-electron chi connectivity index (χ0n) is 12.2. The van der Waals surface area contributed by atoms with E-state index in [-0.39, 0.29) is 0 Å². The summed E-state index contributed by atoms with van der Waals surface area (Å²) in [6, 6.07) is 9.30. The maximum Gasteiger partial charge on any atom is 0.0236 e. The van der Waals surface area contributed by atoms with Crippen LogP contribution in [0.3, 0.4) is 0 Å². The lowest BCUT2D eigenvalue weighted by Gasteiger charge is -2.26. The SMILES string of the molecule is CCCCCN(Cc1ccc(CN)cc1)C(C)C. The third kappa shape index (κ3) is 5.19. The van der Waals surface area contributed by atoms with Crippen molar-refractivity contribution in [2.45, 2.75) is 59.2 Å². The Bertz CT molecular complexity index is 316. The van der Waals surface area contributed by atoms with Crippen LogP contribution in [0.4, 0.5) is 0 Å². The maximum absolute atomic E-state index is 5.62. The predicted molar refractivity (Wildman–Crippen MR) is 79.4 cm³/mol. The van der Waals surface area contributed by atoms with Gasteiger partial charge in [0, 0.05) is 19.1 Å². The standard InChI is InChI=1S/C16H28N2/c1-4-5-6-11-18(14(2)3)13-16-9-7-15(12-17)8-10-16/h7-10,14H,4-6,11-13,17H2,1-3H3. The fourth-order valence-corrected chi connectivity index (χ4v) is 2.10. The summed E-state index contributed by atoms with van der Waals surface area (Å²) in [6.07, 6.45) is 3.92. The van der Waals surface area contributed by atoms with Crippen molar-refractivity contribution in [2.75, 3.05) is 6.54 Å². The van der Waals surface area contributed by atoms with Crippen LogP contribution < -0.4 is 5.73 Å². The number of unbranched alkanes of at least 4 members (excludes halogenated alkanes) is 2. The van der Waals surface area contributed by atoms with Crippen LogP contribution in [-0.4, -0.2) is 17.5 Å². The van der Waals surface area contributed by atoms with Crippen molar-refractivity contribution in [3.63, 3.8) is 0 Å². The number of hydrogen-bond acceptors (Lipinski definition) is 2. The lowest BCUT2D eigenvalue weighted by molar-refractivity contribution is 0.208. The monoisotopic (exact) mass is 248 g/mol. The van der Waals surface area contributed by atoms with Gasteiger partial charge in [-0.15, -0.1) is 0 Å². The molecule has 2 nitrogen and oxygen atoms in total. The largest absolute Gasteiger partial charge is 0.326 e. The zero-order chi connectivity index (χ0) is 13.4. The minimum Gasteiger partial charge on any atom is -0.326 e. The minimum atomic E-state index is 0.607. The van der Waals surface area contributed by atoms with Crippen molar-refractivity contribution in [3.8, 4) is 0 Å². The topological polar surface area (TPSA) is 29.3 Å². The summed E-state index contributed by atoms with van der Waals surface area (Å²) in [5.74, 6) is 0. The molecular weight excluding hydrogens is 220 g/mol. The number of benzene rings is 1. The van der Waals surface area contributed by atoms with E-state index in [1.54, 1.807) is 0 Å². The van der Waals surface area contributed by atoms with Gasteiger partial charge in [0.2, 0.25) is 0 Å². The first-order valence-corrected chi connectivity index (χ1v) is 7.19. The first-order chi connectivity index (χ1) is 8.67. The van der Waals surface area contributed by atoms with Gasteiger partial charge in [-0.25, -0.2) is 0 Å². The molecule has 2 N–H and O–H groups in total. The van der Waals surface area contributed by atoms with Gasteiger partial charge < -0.3 is 5.73 Å². The quantitative estimate of drug-likeness (QED) is 0.713. The fraction of sp³-hybridized carbons (Fsp3) is 0.625. The summed E-state index contributed by atoms with van der Waals surface area (Å²) < 4.78 is 0. The Hall–Kier alpha value is -0.860. The molecule has 0 saturated heterocycles. The highest BCUT2D eigenvalue weighted by molar-refractivity contribution is 5.22. The van der Waals surface area contributed by atoms with Crippen LogP contribution >= 0.6 is 0 Å². The molecule has 0 bridgehead atoms. The summed E-state index contributed by atoms with van der Waals surface area (Å²) in [5, 5.41) is 0. The van der Waals surface area contributed by atoms with Crippen LogP contribution in [0.25, 0.3) is 0 Å². The van der Waals surface area contributed by atoms with Crippen LogP contribution in [0, 0.1) is 0 Å². The highest BCUT2D eigenvalue weighted by atomic mass is 15.1. The van der Waals surface area contributed by atoms with Gasteiger partial charge in [0.15, 0.2) is 0 Å². The summed E-state index contributed by atoms with van der Waals surface area (Å²) in [5.41, 5.74) is 8.22. The van der Waals surface area contributed by atoms with Crippen molar-refractivity contribution < 1.29 is 0 Å². The van der Waals surface area contributed by atoms with Crippen molar-refractivity contribution in [2.24, 2.45) is 5.73 Å². The first kappa shape index (κ1) is 15.2. The van der Waals surface area contributed by atoms with Crippen LogP contribution in [0.1, 0.15) is 51.2 Å². The smallest absolute Gasteiger partial charge is 0.0236 e. The van der Waals surface area contributed by atoms with E-state index >= 15 is 0 Å². The van der Waals surface area contributed by atoms with Crippen molar-refractivity contribution >= 4 is 0 Å². The van der Waals surface area contributed by atoms with Crippen molar-refractivity contribution in [1.82, 2.24) is 4.90 Å². The highest BCUT2D eigenvalue weighted by Crippen LogP contribution is 2.11. The zero-order valence-corrected chi connectivity index (χ0v) is 12.2. The van der Waals surface area contributed by atoms with Crippen LogP contribution in [0.2, 0.25) is 0 Å². The van der Waals surface area contributed by atoms with Crippen LogP contribution in [0.5, 0.6) is 0 Å². The molecule has 0 aliphatic carbocycles. The molecule has 2 heteroatoms. The van der Waals surface area contributed by atoms with Gasteiger partial charge in [-0.2, -0.15) is 0 Å². The Morgan fingerprint density at radius 2 is 1.67 bits per heavy atom. The van der Waals surface area contributed by atoms with Crippen molar-refractivity contribution in [1.29, 1.82) is 0 Å². The predicted octanol–water partition coefficient (Wildman–Crippen LogP) is 3.55. The van der Waals surface area contributed by atoms with E-state index in [0.29, 0.717) is 12.6 Å². The van der Waals surface area contributed by atoms with E-state index in [1.807, 2.05) is 0 Å². The summed E-state index contributed by atoms with van der Waals surface area (Å²) in [4.78, 5) is 2.55. The van der Waals surface area contributed by atoms with E-state index in [4.69, 9.17) is 5.73 Å². The van der Waals surface area contributed by atoms with Crippen LogP contribution in [0.15, 0.2) is 24.3 Å². The molecule has 0 aliphatic heterocycles. The second-order valence-electron chi connectivity index (χ2n) is 5.29. The Morgan fingerprint density at radius 1 is 1.06 bits per heavy atom. The van der Waals surface area contributed by atoms with Gasteiger partial charge in [0.25, 0.3) is 0 Å². The molecule has 0 radical (unpaired) electrons. The Labute approximate surface area is 112 Å². The van der Waals surface area contributed by atoms with Gasteiger partial charge in [-0.3, -0.25) is 4.90 Å². The van der Waals surface area contributed by atoms with E-state index in [2.05, 4.69) is 49.9 Å². The fourth-order valence-electron chi connectivity index (χ4n) is 2.10. The van der Waals surface area contributed by atoms with Gasteiger partial charge in [0.05, 0.1) is 0 Å². The highest BCUT2D eigenvalue weighted by Gasteiger charge is 2.09. The van der Waals surface area contributed by atoms with E-state index < -0.39 is 0 Å². The second kappa shape index (κ2) is 8.28. The third-order valence-electron chi connectivity index (χ3n) is 3.42. The molecular formula is C16H28N2. The number of hydrogen-bond donors (Lipinski definition) is 1. The molecule has 0 unspecified atom stereocenters. The normalized spacial score (nSPS) is 11.4. The molecule has 0 atom stereocenters. The molecule has 0 amide bonds. The molecule has 1 rings (SSSR count). The summed E-state index contributed by atoms with van der Waals surface area (Å²) in [6.45, 7) is 9.69. The van der Waals surface area contributed by atoms with Gasteiger partial charge in [-0.05, 0) is 37.9 Å². The number of nitrogens with zero attached hydrogens (tertiary/aromatic N) is 1. The van der Waals surface area contributed by atoms with E-state index in [9.17, 15) is 0 Å². The van der Waals surface area contributed by atoms with E-state index in [0.717, 1.165) is 6.54 Å². The summed E-state index contributed by atoms with van der Waals surface area (Å²) >= 11 is 0. The molecule has 102 valence electrons. The average molecular weight is 248 g/mol. The Morgan fingerprint density at radius 3 is 2.17 bits per heavy atom. The third-order valence-corrected chi connectivity index (χ3v) is 3.42. The van der Waals surface area contributed by atoms with Crippen molar-refractivity contribution in [3.05, 3.63) is 35.4 Å². The lowest BCUT2D eigenvalue weighted by Crippen LogP contribution is -2.31. The average Bonchev–Trinajstić information content (AvgIpc) is 2.38. The first-order valence-electron chi connectivity index (χ1n) is 7.19. The molecule has 1 aromatic rings. The van der Waals surface area contributed by atoms with E-state index in [1.165, 1.54) is 36.9 Å². The molecule has 1 aromatic carbocycles. The molecule has 0 aromatic heterocycles. The maximum atomic E-state index is 5.62. The summed E-state index contributed by atoms with van der Waals surface area (Å²) in [7, 11) is 0. The molecule has 18 heavy (non-hydrogen) atoms.